The summed E-state index contributed by atoms with van der Waals surface area (Å²) in [5.41, 5.74) is 10.4. The van der Waals surface area contributed by atoms with Gasteiger partial charge in [0.2, 0.25) is 0 Å². The Hall–Kier alpha value is -3.36. The molecule has 2 aromatic heterocycles. The topological polar surface area (TPSA) is 98.5 Å². The smallest absolute Gasteiger partial charge is 0.254 e. The van der Waals surface area contributed by atoms with Crippen molar-refractivity contribution in [2.45, 2.75) is 38.0 Å². The largest absolute Gasteiger partial charge is 0.494 e. The molecule has 0 radical (unpaired) electrons. The van der Waals surface area contributed by atoms with Crippen LogP contribution in [0.4, 0.5) is 0 Å². The number of imidazole rings is 1. The van der Waals surface area contributed by atoms with Gasteiger partial charge in [0.1, 0.15) is 11.3 Å². The van der Waals surface area contributed by atoms with Crippen LogP contribution in [0.25, 0.3) is 33.5 Å². The molecule has 8 heteroatoms. The molecule has 2 atom stereocenters. The summed E-state index contributed by atoms with van der Waals surface area (Å²) in [5, 5.41) is 11.1. The highest BCUT2D eigenvalue weighted by Gasteiger charge is 2.30. The van der Waals surface area contributed by atoms with Gasteiger partial charge in [-0.25, -0.2) is 4.98 Å². The van der Waals surface area contributed by atoms with Crippen LogP contribution in [0, 0.1) is 5.92 Å². The normalized spacial score (nSPS) is 20.6. The standard InChI is InChI=1S/C27H31N5O3/c1-30-25-20(11-18(13-24(25)35-2)27(34)31-10-9-23(33)19(28)15-31)29-26(30)22-12-17-5-3-4-6-21(17)32(22)14-16-7-8-16/h3-6,11-13,16,19,23,33H,7-10,14-15,28H2,1-2H3. The second-order valence-corrected chi connectivity index (χ2v) is 9.95. The van der Waals surface area contributed by atoms with Gasteiger partial charge in [0.15, 0.2) is 5.82 Å². The number of aliphatic hydroxyl groups is 1. The van der Waals surface area contributed by atoms with Crippen molar-refractivity contribution in [3.8, 4) is 17.3 Å². The van der Waals surface area contributed by atoms with Crippen LogP contribution in [-0.4, -0.2) is 62.4 Å². The van der Waals surface area contributed by atoms with E-state index >= 15 is 0 Å². The molecule has 3 heterocycles. The predicted molar refractivity (Wildman–Crippen MR) is 135 cm³/mol. The van der Waals surface area contributed by atoms with E-state index in [0.29, 0.717) is 36.7 Å². The average molecular weight is 474 g/mol. The first-order valence-corrected chi connectivity index (χ1v) is 12.3. The lowest BCUT2D eigenvalue weighted by Crippen LogP contribution is -2.53. The van der Waals surface area contributed by atoms with E-state index in [4.69, 9.17) is 15.5 Å². The van der Waals surface area contributed by atoms with E-state index in [0.717, 1.165) is 29.1 Å². The lowest BCUT2D eigenvalue weighted by atomic mass is 10.0. The number of piperidine rings is 1. The summed E-state index contributed by atoms with van der Waals surface area (Å²) in [7, 11) is 3.62. The maximum Gasteiger partial charge on any atom is 0.254 e. The Morgan fingerprint density at radius 1 is 1.20 bits per heavy atom. The summed E-state index contributed by atoms with van der Waals surface area (Å²) in [6.07, 6.45) is 2.44. The molecule has 8 nitrogen and oxygen atoms in total. The Morgan fingerprint density at radius 2 is 2.00 bits per heavy atom. The molecule has 4 aromatic rings. The van der Waals surface area contributed by atoms with Gasteiger partial charge >= 0.3 is 0 Å². The molecule has 6 rings (SSSR count). The molecule has 2 fully saturated rings. The van der Waals surface area contributed by atoms with Crippen molar-refractivity contribution >= 4 is 27.8 Å². The summed E-state index contributed by atoms with van der Waals surface area (Å²) in [4.78, 5) is 20.0. The van der Waals surface area contributed by atoms with Crippen molar-refractivity contribution in [1.82, 2.24) is 19.0 Å². The van der Waals surface area contributed by atoms with Crippen molar-refractivity contribution in [2.75, 3.05) is 20.2 Å². The van der Waals surface area contributed by atoms with E-state index in [9.17, 15) is 9.90 Å². The third-order valence-corrected chi connectivity index (χ3v) is 7.49. The molecule has 2 aromatic carbocycles. The maximum atomic E-state index is 13.3. The van der Waals surface area contributed by atoms with Crippen molar-refractivity contribution in [1.29, 1.82) is 0 Å². The number of amides is 1. The van der Waals surface area contributed by atoms with E-state index in [-0.39, 0.29) is 5.91 Å². The van der Waals surface area contributed by atoms with E-state index in [2.05, 4.69) is 39.5 Å². The third-order valence-electron chi connectivity index (χ3n) is 7.49. The predicted octanol–water partition coefficient (Wildman–Crippen LogP) is 3.15. The molecule has 35 heavy (non-hydrogen) atoms. The van der Waals surface area contributed by atoms with Crippen LogP contribution in [0.3, 0.4) is 0 Å². The molecule has 1 saturated heterocycles. The first-order chi connectivity index (χ1) is 16.9. The first-order valence-electron chi connectivity index (χ1n) is 12.3. The highest BCUT2D eigenvalue weighted by molar-refractivity contribution is 6.00. The minimum absolute atomic E-state index is 0.123. The van der Waals surface area contributed by atoms with Gasteiger partial charge < -0.3 is 29.6 Å². The number of benzene rings is 2. The summed E-state index contributed by atoms with van der Waals surface area (Å²) in [6, 6.07) is 13.8. The quantitative estimate of drug-likeness (QED) is 0.464. The molecule has 1 saturated carbocycles. The number of aryl methyl sites for hydroxylation is 1. The molecular weight excluding hydrogens is 442 g/mol. The van der Waals surface area contributed by atoms with Gasteiger partial charge in [-0.05, 0) is 49.4 Å². The molecule has 2 aliphatic rings. The monoisotopic (exact) mass is 473 g/mol. The van der Waals surface area contributed by atoms with Gasteiger partial charge in [0, 0.05) is 49.2 Å². The number of para-hydroxylation sites is 1. The number of nitrogens with zero attached hydrogens (tertiary/aromatic N) is 4. The number of hydrogen-bond donors (Lipinski definition) is 2. The molecule has 182 valence electrons. The molecule has 3 N–H and O–H groups in total. The summed E-state index contributed by atoms with van der Waals surface area (Å²) < 4.78 is 10.2. The van der Waals surface area contributed by atoms with Gasteiger partial charge in [-0.15, -0.1) is 0 Å². The SMILES string of the molecule is COc1cc(C(=O)N2CCC(O)C(N)C2)cc2nc(-c3cc4ccccc4n3CC3CC3)n(C)c12. The number of carbonyl (C=O) groups excluding carboxylic acids is 1. The van der Waals surface area contributed by atoms with Gasteiger partial charge in [-0.1, -0.05) is 18.2 Å². The number of nitrogens with two attached hydrogens (primary N) is 1. The van der Waals surface area contributed by atoms with Crippen LogP contribution in [0.5, 0.6) is 5.75 Å². The number of methoxy groups -OCH3 is 1. The summed E-state index contributed by atoms with van der Waals surface area (Å²) in [6.45, 7) is 1.78. The van der Waals surface area contributed by atoms with Crippen LogP contribution in [0.1, 0.15) is 29.6 Å². The number of fused-ring (bicyclic) bond motifs is 2. The fourth-order valence-electron chi connectivity index (χ4n) is 5.31. The van der Waals surface area contributed by atoms with Gasteiger partial charge in [-0.2, -0.15) is 0 Å². The fourth-order valence-corrected chi connectivity index (χ4v) is 5.31. The minimum Gasteiger partial charge on any atom is -0.494 e. The fraction of sp³-hybridized carbons (Fsp3) is 0.407. The minimum atomic E-state index is -0.572. The summed E-state index contributed by atoms with van der Waals surface area (Å²) in [5.74, 6) is 2.05. The van der Waals surface area contributed by atoms with Gasteiger partial charge in [-0.3, -0.25) is 4.79 Å². The van der Waals surface area contributed by atoms with Gasteiger partial charge in [0.25, 0.3) is 5.91 Å². The number of aliphatic hydroxyl groups excluding tert-OH is 1. The number of likely N-dealkylation sites (tertiary alicyclic amines) is 1. The zero-order valence-electron chi connectivity index (χ0n) is 20.1. The molecule has 2 unspecified atom stereocenters. The van der Waals surface area contributed by atoms with E-state index in [1.54, 1.807) is 18.1 Å². The highest BCUT2D eigenvalue weighted by atomic mass is 16.5. The zero-order chi connectivity index (χ0) is 24.3. The van der Waals surface area contributed by atoms with Crippen LogP contribution in [-0.2, 0) is 13.6 Å². The lowest BCUT2D eigenvalue weighted by molar-refractivity contribution is 0.0459. The Bertz CT molecular complexity index is 1430. The first kappa shape index (κ1) is 22.1. The van der Waals surface area contributed by atoms with Crippen LogP contribution in [0.15, 0.2) is 42.5 Å². The molecule has 0 bridgehead atoms. The van der Waals surface area contributed by atoms with E-state index in [1.807, 2.05) is 13.1 Å². The van der Waals surface area contributed by atoms with Crippen molar-refractivity contribution < 1.29 is 14.6 Å². The lowest BCUT2D eigenvalue weighted by Gasteiger charge is -2.34. The Labute approximate surface area is 203 Å². The van der Waals surface area contributed by atoms with Crippen LogP contribution >= 0.6 is 0 Å². The van der Waals surface area contributed by atoms with Gasteiger partial charge in [0.05, 0.1) is 24.4 Å². The molecular formula is C27H31N5O3. The number of carbonyl (C=O) groups is 1. The number of rotatable bonds is 5. The second-order valence-electron chi connectivity index (χ2n) is 9.95. The number of ether oxygens (including phenoxy) is 1. The van der Waals surface area contributed by atoms with E-state index in [1.165, 1.54) is 23.7 Å². The molecule has 1 aliphatic carbocycles. The van der Waals surface area contributed by atoms with E-state index < -0.39 is 12.1 Å². The Morgan fingerprint density at radius 3 is 2.74 bits per heavy atom. The Balaban J connectivity index is 1.45. The van der Waals surface area contributed by atoms with Crippen molar-refractivity contribution in [3.63, 3.8) is 0 Å². The Kier molecular flexibility index (Phi) is 5.30. The van der Waals surface area contributed by atoms with Crippen LogP contribution < -0.4 is 10.5 Å². The van der Waals surface area contributed by atoms with Crippen LogP contribution in [0.2, 0.25) is 0 Å². The maximum absolute atomic E-state index is 13.3. The molecule has 1 amide bonds. The third kappa shape index (κ3) is 3.77. The second kappa shape index (κ2) is 8.39. The van der Waals surface area contributed by atoms with Crippen molar-refractivity contribution in [3.05, 3.63) is 48.0 Å². The molecule has 0 spiro atoms. The summed E-state index contributed by atoms with van der Waals surface area (Å²) >= 11 is 0. The zero-order valence-corrected chi connectivity index (χ0v) is 20.1. The number of aromatic nitrogens is 3. The molecule has 1 aliphatic heterocycles. The van der Waals surface area contributed by atoms with Crippen molar-refractivity contribution in [2.24, 2.45) is 18.7 Å². The highest BCUT2D eigenvalue weighted by Crippen LogP contribution is 2.38. The number of hydrogen-bond acceptors (Lipinski definition) is 5. The average Bonchev–Trinajstić information content (AvgIpc) is 3.53.